The van der Waals surface area contributed by atoms with Gasteiger partial charge in [-0.05, 0) is 33.3 Å². The Morgan fingerprint density at radius 3 is 2.73 bits per heavy atom. The van der Waals surface area contributed by atoms with Crippen molar-refractivity contribution in [3.05, 3.63) is 17.5 Å². The number of fused-ring (bicyclic) bond motifs is 1. The van der Waals surface area contributed by atoms with E-state index in [-0.39, 0.29) is 18.4 Å². The smallest absolute Gasteiger partial charge is 0.410 e. The molecular weight excluding hydrogens is 284 g/mol. The van der Waals surface area contributed by atoms with Crippen molar-refractivity contribution >= 4 is 12.0 Å². The first-order chi connectivity index (χ1) is 10.2. The van der Waals surface area contributed by atoms with Crippen LogP contribution in [0.15, 0.2) is 6.07 Å². The quantitative estimate of drug-likeness (QED) is 0.915. The highest BCUT2D eigenvalue weighted by molar-refractivity contribution is 5.73. The Kier molecular flexibility index (Phi) is 4.73. The zero-order chi connectivity index (χ0) is 16.3. The van der Waals surface area contributed by atoms with Crippen LogP contribution >= 0.6 is 0 Å². The van der Waals surface area contributed by atoms with Gasteiger partial charge in [0.2, 0.25) is 5.91 Å². The Hall–Kier alpha value is -2.05. The molecule has 1 aliphatic rings. The number of carbonyl (C=O) groups excluding carboxylic acids is 2. The Morgan fingerprint density at radius 1 is 1.36 bits per heavy atom. The predicted octanol–water partition coefficient (Wildman–Crippen LogP) is 1.44. The van der Waals surface area contributed by atoms with Gasteiger partial charge < -0.3 is 15.4 Å². The Morgan fingerprint density at radius 2 is 2.09 bits per heavy atom. The maximum atomic E-state index is 12.2. The molecule has 2 amide bonds. The summed E-state index contributed by atoms with van der Waals surface area (Å²) in [6.45, 7) is 7.44. The lowest BCUT2D eigenvalue weighted by Crippen LogP contribution is -2.36. The minimum Gasteiger partial charge on any atom is -0.444 e. The number of amides is 2. The molecule has 2 rings (SSSR count). The number of carbonyl (C=O) groups is 2. The lowest BCUT2D eigenvalue weighted by Gasteiger charge is -2.26. The summed E-state index contributed by atoms with van der Waals surface area (Å²) < 4.78 is 7.33. The van der Waals surface area contributed by atoms with E-state index in [2.05, 4.69) is 5.10 Å². The molecule has 0 fully saturated rings. The van der Waals surface area contributed by atoms with E-state index in [1.807, 2.05) is 31.5 Å². The van der Waals surface area contributed by atoms with Crippen molar-refractivity contribution in [1.29, 1.82) is 0 Å². The SMILES string of the molecule is CC(C)(C)OC(=O)N1CCCn2nc(CCC(N)=O)cc2C1. The van der Waals surface area contributed by atoms with Crippen LogP contribution in [0, 0.1) is 0 Å². The number of aryl methyl sites for hydroxylation is 2. The number of nitrogens with two attached hydrogens (primary N) is 1. The molecule has 7 heteroatoms. The molecule has 0 spiro atoms. The summed E-state index contributed by atoms with van der Waals surface area (Å²) in [6.07, 6.45) is 1.33. The maximum absolute atomic E-state index is 12.2. The first-order valence-electron chi connectivity index (χ1n) is 7.56. The molecule has 0 saturated carbocycles. The summed E-state index contributed by atoms with van der Waals surface area (Å²) in [5.74, 6) is -0.335. The zero-order valence-corrected chi connectivity index (χ0v) is 13.5. The lowest BCUT2D eigenvalue weighted by atomic mass is 10.2. The van der Waals surface area contributed by atoms with E-state index in [0.29, 0.717) is 19.5 Å². The fourth-order valence-electron chi connectivity index (χ4n) is 2.38. The molecule has 0 aliphatic carbocycles. The van der Waals surface area contributed by atoms with Gasteiger partial charge in [-0.3, -0.25) is 9.48 Å². The van der Waals surface area contributed by atoms with Gasteiger partial charge in [-0.1, -0.05) is 0 Å². The van der Waals surface area contributed by atoms with Gasteiger partial charge in [0, 0.05) is 25.9 Å². The van der Waals surface area contributed by atoms with Gasteiger partial charge in [-0.15, -0.1) is 0 Å². The minimum atomic E-state index is -0.504. The van der Waals surface area contributed by atoms with Crippen molar-refractivity contribution in [1.82, 2.24) is 14.7 Å². The number of aromatic nitrogens is 2. The first kappa shape index (κ1) is 16.3. The van der Waals surface area contributed by atoms with Gasteiger partial charge in [0.1, 0.15) is 5.60 Å². The van der Waals surface area contributed by atoms with Gasteiger partial charge in [0.05, 0.1) is 17.9 Å². The van der Waals surface area contributed by atoms with Crippen LogP contribution in [0.4, 0.5) is 4.79 Å². The molecule has 7 nitrogen and oxygen atoms in total. The molecule has 122 valence electrons. The van der Waals surface area contributed by atoms with Crippen molar-refractivity contribution in [2.75, 3.05) is 6.54 Å². The first-order valence-corrected chi connectivity index (χ1v) is 7.56. The number of rotatable bonds is 3. The van der Waals surface area contributed by atoms with Gasteiger partial charge in [0.15, 0.2) is 0 Å². The summed E-state index contributed by atoms with van der Waals surface area (Å²) in [5, 5.41) is 4.48. The van der Waals surface area contributed by atoms with Crippen LogP contribution in [0.1, 0.15) is 45.0 Å². The fourth-order valence-corrected chi connectivity index (χ4v) is 2.38. The summed E-state index contributed by atoms with van der Waals surface area (Å²) in [5.41, 5.74) is 6.46. The monoisotopic (exact) mass is 308 g/mol. The number of primary amides is 1. The second kappa shape index (κ2) is 6.37. The Labute approximate surface area is 130 Å². The summed E-state index contributed by atoms with van der Waals surface area (Å²) in [4.78, 5) is 24.8. The molecule has 2 N–H and O–H groups in total. The van der Waals surface area contributed by atoms with Crippen LogP contribution in [0.25, 0.3) is 0 Å². The van der Waals surface area contributed by atoms with Crippen molar-refractivity contribution in [3.63, 3.8) is 0 Å². The number of hydrogen-bond donors (Lipinski definition) is 1. The van der Waals surface area contributed by atoms with Crippen LogP contribution in [0.5, 0.6) is 0 Å². The van der Waals surface area contributed by atoms with E-state index in [1.165, 1.54) is 0 Å². The third-order valence-corrected chi connectivity index (χ3v) is 3.34. The van der Waals surface area contributed by atoms with Crippen molar-refractivity contribution in [2.24, 2.45) is 5.73 Å². The van der Waals surface area contributed by atoms with E-state index < -0.39 is 5.60 Å². The predicted molar refractivity (Wildman–Crippen MR) is 81.0 cm³/mol. The molecule has 0 aromatic carbocycles. The number of nitrogens with zero attached hydrogens (tertiary/aromatic N) is 3. The third-order valence-electron chi connectivity index (χ3n) is 3.34. The number of hydrogen-bond acceptors (Lipinski definition) is 4. The van der Waals surface area contributed by atoms with Gasteiger partial charge in [0.25, 0.3) is 0 Å². The molecule has 0 atom stereocenters. The molecule has 0 saturated heterocycles. The number of ether oxygens (including phenoxy) is 1. The molecule has 2 heterocycles. The zero-order valence-electron chi connectivity index (χ0n) is 13.5. The van der Waals surface area contributed by atoms with E-state index in [0.717, 1.165) is 24.4 Å². The van der Waals surface area contributed by atoms with E-state index >= 15 is 0 Å². The van der Waals surface area contributed by atoms with Crippen LogP contribution in [0.3, 0.4) is 0 Å². The normalized spacial score (nSPS) is 15.1. The highest BCUT2D eigenvalue weighted by atomic mass is 16.6. The lowest BCUT2D eigenvalue weighted by molar-refractivity contribution is -0.118. The van der Waals surface area contributed by atoms with Crippen molar-refractivity contribution < 1.29 is 14.3 Å². The Bertz CT molecular complexity index is 560. The van der Waals surface area contributed by atoms with E-state index in [9.17, 15) is 9.59 Å². The molecule has 1 aromatic heterocycles. The van der Waals surface area contributed by atoms with Crippen molar-refractivity contribution in [3.8, 4) is 0 Å². The van der Waals surface area contributed by atoms with Crippen molar-refractivity contribution in [2.45, 2.75) is 58.7 Å². The standard InChI is InChI=1S/C15H24N4O3/c1-15(2,3)22-14(21)18-7-4-8-19-12(10-18)9-11(17-19)5-6-13(16)20/h9H,4-8,10H2,1-3H3,(H2,16,20). The molecule has 22 heavy (non-hydrogen) atoms. The molecule has 1 aliphatic heterocycles. The van der Waals surface area contributed by atoms with E-state index in [4.69, 9.17) is 10.5 Å². The largest absolute Gasteiger partial charge is 0.444 e. The van der Waals surface area contributed by atoms with E-state index in [1.54, 1.807) is 4.90 Å². The second-order valence-electron chi connectivity index (χ2n) is 6.57. The topological polar surface area (TPSA) is 90.4 Å². The average molecular weight is 308 g/mol. The molecule has 0 unspecified atom stereocenters. The Balaban J connectivity index is 2.06. The third kappa shape index (κ3) is 4.47. The van der Waals surface area contributed by atoms with Gasteiger partial charge in [-0.25, -0.2) is 4.79 Å². The average Bonchev–Trinajstić information content (AvgIpc) is 2.65. The molecular formula is C15H24N4O3. The summed E-state index contributed by atoms with van der Waals surface area (Å²) >= 11 is 0. The highest BCUT2D eigenvalue weighted by Crippen LogP contribution is 2.17. The minimum absolute atomic E-state index is 0.284. The van der Waals surface area contributed by atoms with Crippen LogP contribution in [0.2, 0.25) is 0 Å². The highest BCUT2D eigenvalue weighted by Gasteiger charge is 2.25. The van der Waals surface area contributed by atoms with Crippen LogP contribution in [-0.2, 0) is 29.0 Å². The fraction of sp³-hybridized carbons (Fsp3) is 0.667. The molecule has 0 bridgehead atoms. The van der Waals surface area contributed by atoms with Crippen LogP contribution in [-0.4, -0.2) is 38.8 Å². The second-order valence-corrected chi connectivity index (χ2v) is 6.57. The maximum Gasteiger partial charge on any atom is 0.410 e. The van der Waals surface area contributed by atoms with Gasteiger partial charge in [-0.2, -0.15) is 5.10 Å². The summed E-state index contributed by atoms with van der Waals surface area (Å²) in [6, 6.07) is 1.94. The molecule has 0 radical (unpaired) electrons. The molecule has 1 aromatic rings. The van der Waals surface area contributed by atoms with Gasteiger partial charge >= 0.3 is 6.09 Å². The summed E-state index contributed by atoms with van der Waals surface area (Å²) in [7, 11) is 0. The van der Waals surface area contributed by atoms with Crippen LogP contribution < -0.4 is 5.73 Å².